The van der Waals surface area contributed by atoms with Crippen LogP contribution in [0.3, 0.4) is 0 Å². The zero-order valence-electron chi connectivity index (χ0n) is 8.52. The van der Waals surface area contributed by atoms with E-state index in [1.807, 2.05) is 0 Å². The Morgan fingerprint density at radius 1 is 1.13 bits per heavy atom. The Morgan fingerprint density at radius 2 is 1.93 bits per heavy atom. The Labute approximate surface area is 93.5 Å². The van der Waals surface area contributed by atoms with Gasteiger partial charge in [0.15, 0.2) is 0 Å². The van der Waals surface area contributed by atoms with Gasteiger partial charge in [-0.3, -0.25) is 0 Å². The number of aromatic nitrogens is 1. The van der Waals surface area contributed by atoms with Crippen molar-refractivity contribution in [3.05, 3.63) is 29.1 Å². The van der Waals surface area contributed by atoms with Crippen LogP contribution in [-0.2, 0) is 0 Å². The molecule has 0 N–H and O–H groups in total. The van der Waals surface area contributed by atoms with Crippen molar-refractivity contribution in [1.29, 1.82) is 0 Å². The van der Waals surface area contributed by atoms with Gasteiger partial charge in [-0.1, -0.05) is 18.2 Å². The minimum absolute atomic E-state index is 0.694. The van der Waals surface area contributed by atoms with E-state index < -0.39 is 0 Å². The number of hydrogen-bond acceptors (Lipinski definition) is 2. The van der Waals surface area contributed by atoms with E-state index in [4.69, 9.17) is 0 Å². The number of piperidine rings is 1. The molecule has 77 valence electrons. The van der Waals surface area contributed by atoms with Crippen molar-refractivity contribution in [2.24, 2.45) is 0 Å². The van der Waals surface area contributed by atoms with Crippen molar-refractivity contribution in [2.45, 2.75) is 18.8 Å². The molecular weight excluding hydrogens is 204 g/mol. The predicted molar refractivity (Wildman–Crippen MR) is 63.5 cm³/mol. The smallest absolute Gasteiger partial charge is 0.0843 e. The van der Waals surface area contributed by atoms with E-state index in [2.05, 4.69) is 34.0 Å². The highest BCUT2D eigenvalue weighted by Gasteiger charge is 2.19. The first-order chi connectivity index (χ1) is 7.45. The van der Waals surface area contributed by atoms with E-state index in [0.29, 0.717) is 5.92 Å². The number of hydrogen-bond donors (Lipinski definition) is 0. The summed E-state index contributed by atoms with van der Waals surface area (Å²) in [6.07, 6.45) is 2.40. The average Bonchev–Trinajstić information content (AvgIpc) is 2.74. The minimum atomic E-state index is 0.694. The SMILES string of the molecule is c1ccc2c(C3CC[N]CC3)snc2c1. The molecule has 1 aliphatic heterocycles. The van der Waals surface area contributed by atoms with Gasteiger partial charge >= 0.3 is 0 Å². The second-order valence-corrected chi connectivity index (χ2v) is 4.81. The normalized spacial score (nSPS) is 18.4. The molecule has 0 atom stereocenters. The van der Waals surface area contributed by atoms with Crippen LogP contribution < -0.4 is 5.32 Å². The molecule has 3 heteroatoms. The topological polar surface area (TPSA) is 27.0 Å². The maximum Gasteiger partial charge on any atom is 0.0843 e. The van der Waals surface area contributed by atoms with Gasteiger partial charge in [-0.05, 0) is 36.4 Å². The predicted octanol–water partition coefficient (Wildman–Crippen LogP) is 2.78. The number of rotatable bonds is 1. The summed E-state index contributed by atoms with van der Waals surface area (Å²) >= 11 is 1.68. The van der Waals surface area contributed by atoms with Crippen molar-refractivity contribution in [1.82, 2.24) is 9.69 Å². The van der Waals surface area contributed by atoms with Gasteiger partial charge in [0.25, 0.3) is 0 Å². The van der Waals surface area contributed by atoms with E-state index in [-0.39, 0.29) is 0 Å². The molecule has 1 aliphatic rings. The highest BCUT2D eigenvalue weighted by molar-refractivity contribution is 7.07. The maximum atomic E-state index is 4.50. The molecule has 2 aromatic rings. The molecule has 1 saturated heterocycles. The molecule has 1 radical (unpaired) electrons. The molecule has 0 aliphatic carbocycles. The lowest BCUT2D eigenvalue weighted by atomic mass is 9.94. The van der Waals surface area contributed by atoms with Gasteiger partial charge in [-0.25, -0.2) is 5.32 Å². The lowest BCUT2D eigenvalue weighted by molar-refractivity contribution is 0.459. The van der Waals surface area contributed by atoms with Gasteiger partial charge in [0.2, 0.25) is 0 Å². The van der Waals surface area contributed by atoms with Gasteiger partial charge in [0, 0.05) is 23.4 Å². The molecule has 1 aromatic heterocycles. The van der Waals surface area contributed by atoms with E-state index in [0.717, 1.165) is 18.6 Å². The van der Waals surface area contributed by atoms with Crippen LogP contribution in [0.15, 0.2) is 24.3 Å². The number of nitrogens with zero attached hydrogens (tertiary/aromatic N) is 2. The second-order valence-electron chi connectivity index (χ2n) is 4.01. The number of benzene rings is 1. The molecule has 0 saturated carbocycles. The maximum absolute atomic E-state index is 4.50. The van der Waals surface area contributed by atoms with Crippen LogP contribution in [0.4, 0.5) is 0 Å². The first kappa shape index (κ1) is 9.31. The standard InChI is InChI=1S/C12H13N2S/c1-2-4-11-10(3-1)12(15-14-11)9-5-7-13-8-6-9/h1-4,9H,5-8H2. The van der Waals surface area contributed by atoms with Crippen LogP contribution in [0.1, 0.15) is 23.6 Å². The highest BCUT2D eigenvalue weighted by Crippen LogP contribution is 2.34. The van der Waals surface area contributed by atoms with Gasteiger partial charge in [-0.15, -0.1) is 0 Å². The Hall–Kier alpha value is -0.930. The third-order valence-corrected chi connectivity index (χ3v) is 4.09. The summed E-state index contributed by atoms with van der Waals surface area (Å²) in [5.41, 5.74) is 1.15. The molecule has 2 nitrogen and oxygen atoms in total. The minimum Gasteiger partial charge on any atom is -0.242 e. The van der Waals surface area contributed by atoms with Gasteiger partial charge in [0.05, 0.1) is 5.52 Å². The second kappa shape index (κ2) is 3.91. The molecule has 15 heavy (non-hydrogen) atoms. The lowest BCUT2D eigenvalue weighted by Crippen LogP contribution is -2.20. The largest absolute Gasteiger partial charge is 0.242 e. The van der Waals surface area contributed by atoms with Crippen molar-refractivity contribution in [3.8, 4) is 0 Å². The summed E-state index contributed by atoms with van der Waals surface area (Å²) < 4.78 is 4.50. The van der Waals surface area contributed by atoms with Gasteiger partial charge < -0.3 is 0 Å². The van der Waals surface area contributed by atoms with Crippen molar-refractivity contribution in [2.75, 3.05) is 13.1 Å². The third-order valence-electron chi connectivity index (χ3n) is 3.05. The lowest BCUT2D eigenvalue weighted by Gasteiger charge is -2.20. The van der Waals surface area contributed by atoms with E-state index in [1.165, 1.54) is 23.1 Å². The Kier molecular flexibility index (Phi) is 2.43. The van der Waals surface area contributed by atoms with Crippen LogP contribution in [0.2, 0.25) is 0 Å². The summed E-state index contributed by atoms with van der Waals surface area (Å²) in [4.78, 5) is 1.47. The van der Waals surface area contributed by atoms with E-state index in [1.54, 1.807) is 11.5 Å². The fourth-order valence-electron chi connectivity index (χ4n) is 2.22. The quantitative estimate of drug-likeness (QED) is 0.721. The van der Waals surface area contributed by atoms with Gasteiger partial charge in [-0.2, -0.15) is 4.37 Å². The molecule has 1 fully saturated rings. The first-order valence-corrected chi connectivity index (χ1v) is 6.20. The molecule has 2 heterocycles. The summed E-state index contributed by atoms with van der Waals surface area (Å²) in [5.74, 6) is 0.694. The van der Waals surface area contributed by atoms with Crippen molar-refractivity contribution >= 4 is 22.4 Å². The molecule has 3 rings (SSSR count). The fourth-order valence-corrected chi connectivity index (χ4v) is 3.23. The van der Waals surface area contributed by atoms with Crippen LogP contribution in [0.25, 0.3) is 10.9 Å². The Morgan fingerprint density at radius 3 is 2.80 bits per heavy atom. The van der Waals surface area contributed by atoms with Crippen LogP contribution in [0, 0.1) is 0 Å². The molecule has 0 amide bonds. The molecule has 0 unspecified atom stereocenters. The van der Waals surface area contributed by atoms with E-state index in [9.17, 15) is 0 Å². The first-order valence-electron chi connectivity index (χ1n) is 5.43. The Balaban J connectivity index is 2.02. The zero-order chi connectivity index (χ0) is 10.1. The fraction of sp³-hybridized carbons (Fsp3) is 0.417. The summed E-state index contributed by atoms with van der Waals surface area (Å²) in [5, 5.41) is 5.76. The Bertz CT molecular complexity index is 457. The average molecular weight is 217 g/mol. The monoisotopic (exact) mass is 217 g/mol. The van der Waals surface area contributed by atoms with Crippen LogP contribution >= 0.6 is 11.5 Å². The summed E-state index contributed by atoms with van der Waals surface area (Å²) in [7, 11) is 0. The molecule has 0 spiro atoms. The van der Waals surface area contributed by atoms with Crippen molar-refractivity contribution < 1.29 is 0 Å². The van der Waals surface area contributed by atoms with E-state index >= 15 is 0 Å². The number of fused-ring (bicyclic) bond motifs is 1. The van der Waals surface area contributed by atoms with Crippen molar-refractivity contribution in [3.63, 3.8) is 0 Å². The molecule has 0 bridgehead atoms. The zero-order valence-corrected chi connectivity index (χ0v) is 9.33. The summed E-state index contributed by atoms with van der Waals surface area (Å²) in [6.45, 7) is 2.05. The molecule has 1 aromatic carbocycles. The third kappa shape index (κ3) is 1.66. The summed E-state index contributed by atoms with van der Waals surface area (Å²) in [6, 6.07) is 8.46. The van der Waals surface area contributed by atoms with Crippen LogP contribution in [-0.4, -0.2) is 17.5 Å². The highest BCUT2D eigenvalue weighted by atomic mass is 32.1. The molecular formula is C12H13N2S. The van der Waals surface area contributed by atoms with Gasteiger partial charge in [0.1, 0.15) is 0 Å². The van der Waals surface area contributed by atoms with Crippen LogP contribution in [0.5, 0.6) is 0 Å².